The zero-order chi connectivity index (χ0) is 16.3. The van der Waals surface area contributed by atoms with E-state index in [0.717, 1.165) is 12.8 Å². The largest absolute Gasteiger partial charge is 0.394 e. The smallest absolute Gasteiger partial charge is 0.103 e. The highest BCUT2D eigenvalue weighted by Crippen LogP contribution is 2.06. The monoisotopic (exact) mass is 310 g/mol. The average molecular weight is 310 g/mol. The minimum absolute atomic E-state index is 0.0278. The maximum atomic E-state index is 9.35. The lowest BCUT2D eigenvalue weighted by atomic mass is 10.1. The third-order valence-corrected chi connectivity index (χ3v) is 2.82. The topological polar surface area (TPSA) is 99.4 Å². The molecule has 6 nitrogen and oxygen atoms in total. The second-order valence-electron chi connectivity index (χ2n) is 4.69. The standard InChI is InChI=1S/C11H24O3.C4H10O3/c1-3-5-6-7-8-14-11(4-2)10(13)9-12;5-1-3-7-4-2-6/h10-13H,3-9H2,1-2H3;5-6H,1-4H2. The highest BCUT2D eigenvalue weighted by molar-refractivity contribution is 4.65. The van der Waals surface area contributed by atoms with Gasteiger partial charge in [-0.05, 0) is 12.8 Å². The summed E-state index contributed by atoms with van der Waals surface area (Å²) in [6.45, 7) is 5.30. The number of aliphatic hydroxyl groups is 4. The quantitative estimate of drug-likeness (QED) is 0.374. The van der Waals surface area contributed by atoms with Crippen LogP contribution in [0.15, 0.2) is 0 Å². The van der Waals surface area contributed by atoms with Crippen LogP contribution in [0.4, 0.5) is 0 Å². The highest BCUT2D eigenvalue weighted by atomic mass is 16.5. The first-order valence-corrected chi connectivity index (χ1v) is 7.87. The minimum Gasteiger partial charge on any atom is -0.394 e. The molecule has 4 N–H and O–H groups in total. The van der Waals surface area contributed by atoms with E-state index in [9.17, 15) is 5.11 Å². The molecule has 0 fully saturated rings. The van der Waals surface area contributed by atoms with E-state index in [1.54, 1.807) is 0 Å². The number of hydrogen-bond donors (Lipinski definition) is 4. The van der Waals surface area contributed by atoms with Crippen molar-refractivity contribution in [3.8, 4) is 0 Å². The van der Waals surface area contributed by atoms with Crippen LogP contribution < -0.4 is 0 Å². The lowest BCUT2D eigenvalue weighted by molar-refractivity contribution is -0.0598. The van der Waals surface area contributed by atoms with Gasteiger partial charge in [0.15, 0.2) is 0 Å². The van der Waals surface area contributed by atoms with Crippen molar-refractivity contribution in [2.24, 2.45) is 0 Å². The fourth-order valence-electron chi connectivity index (χ4n) is 1.61. The lowest BCUT2D eigenvalue weighted by Crippen LogP contribution is -2.31. The summed E-state index contributed by atoms with van der Waals surface area (Å²) in [4.78, 5) is 0. The molecule has 0 rings (SSSR count). The van der Waals surface area contributed by atoms with Crippen LogP contribution in [0.5, 0.6) is 0 Å². The van der Waals surface area contributed by atoms with E-state index in [1.165, 1.54) is 19.3 Å². The van der Waals surface area contributed by atoms with Crippen molar-refractivity contribution in [3.63, 3.8) is 0 Å². The van der Waals surface area contributed by atoms with Gasteiger partial charge in [-0.2, -0.15) is 0 Å². The van der Waals surface area contributed by atoms with Crippen molar-refractivity contribution in [1.82, 2.24) is 0 Å². The summed E-state index contributed by atoms with van der Waals surface area (Å²) >= 11 is 0. The highest BCUT2D eigenvalue weighted by Gasteiger charge is 2.16. The molecule has 0 aliphatic carbocycles. The van der Waals surface area contributed by atoms with Gasteiger partial charge in [-0.15, -0.1) is 0 Å². The van der Waals surface area contributed by atoms with Gasteiger partial charge in [0.2, 0.25) is 0 Å². The molecule has 2 unspecified atom stereocenters. The Bertz CT molecular complexity index is 176. The first-order valence-electron chi connectivity index (χ1n) is 7.87. The van der Waals surface area contributed by atoms with Gasteiger partial charge in [0.25, 0.3) is 0 Å². The minimum atomic E-state index is -0.730. The normalized spacial score (nSPS) is 13.4. The molecular formula is C15H34O6. The summed E-state index contributed by atoms with van der Waals surface area (Å²) in [6.07, 6.45) is 4.49. The summed E-state index contributed by atoms with van der Waals surface area (Å²) in [5.74, 6) is 0. The van der Waals surface area contributed by atoms with E-state index < -0.39 is 6.10 Å². The summed E-state index contributed by atoms with van der Waals surface area (Å²) in [7, 11) is 0. The third kappa shape index (κ3) is 17.7. The van der Waals surface area contributed by atoms with E-state index in [1.807, 2.05) is 6.92 Å². The first-order chi connectivity index (χ1) is 10.2. The Morgan fingerprint density at radius 1 is 0.857 bits per heavy atom. The number of unbranched alkanes of at least 4 members (excludes halogenated alkanes) is 3. The molecule has 0 heterocycles. The van der Waals surface area contributed by atoms with Crippen LogP contribution in [0.25, 0.3) is 0 Å². The third-order valence-electron chi connectivity index (χ3n) is 2.82. The molecular weight excluding hydrogens is 276 g/mol. The van der Waals surface area contributed by atoms with Crippen molar-refractivity contribution in [2.45, 2.75) is 58.2 Å². The molecule has 0 aliphatic heterocycles. The fourth-order valence-corrected chi connectivity index (χ4v) is 1.61. The molecule has 0 aromatic heterocycles. The van der Waals surface area contributed by atoms with Crippen molar-refractivity contribution in [1.29, 1.82) is 0 Å². The lowest BCUT2D eigenvalue weighted by Gasteiger charge is -2.20. The van der Waals surface area contributed by atoms with Gasteiger partial charge in [0, 0.05) is 6.61 Å². The zero-order valence-corrected chi connectivity index (χ0v) is 13.5. The van der Waals surface area contributed by atoms with Crippen LogP contribution in [0.2, 0.25) is 0 Å². The number of aliphatic hydroxyl groups excluding tert-OH is 4. The van der Waals surface area contributed by atoms with Gasteiger partial charge < -0.3 is 29.9 Å². The van der Waals surface area contributed by atoms with Gasteiger partial charge >= 0.3 is 0 Å². The SMILES string of the molecule is CCCCCCOC(CC)C(O)CO.OCCOCCO. The number of hydrogen-bond acceptors (Lipinski definition) is 6. The van der Waals surface area contributed by atoms with Crippen LogP contribution in [0.3, 0.4) is 0 Å². The Hall–Kier alpha value is -0.240. The number of rotatable bonds is 13. The molecule has 0 aliphatic rings. The van der Waals surface area contributed by atoms with Gasteiger partial charge in [-0.3, -0.25) is 0 Å². The zero-order valence-electron chi connectivity index (χ0n) is 13.5. The summed E-state index contributed by atoms with van der Waals surface area (Å²) in [5, 5.41) is 34.3. The maximum absolute atomic E-state index is 9.35. The molecule has 6 heteroatoms. The summed E-state index contributed by atoms with van der Waals surface area (Å²) in [5.41, 5.74) is 0. The molecule has 0 saturated carbocycles. The van der Waals surface area contributed by atoms with E-state index in [0.29, 0.717) is 19.8 Å². The predicted octanol–water partition coefficient (Wildman–Crippen LogP) is 0.703. The Balaban J connectivity index is 0. The molecule has 0 spiro atoms. The van der Waals surface area contributed by atoms with Crippen molar-refractivity contribution < 1.29 is 29.9 Å². The van der Waals surface area contributed by atoms with Crippen LogP contribution in [0, 0.1) is 0 Å². The maximum Gasteiger partial charge on any atom is 0.103 e. The van der Waals surface area contributed by atoms with Crippen LogP contribution in [0.1, 0.15) is 46.0 Å². The summed E-state index contributed by atoms with van der Waals surface area (Å²) < 4.78 is 10.1. The van der Waals surface area contributed by atoms with Crippen LogP contribution in [-0.4, -0.2) is 72.3 Å². The molecule has 0 aromatic carbocycles. The van der Waals surface area contributed by atoms with Crippen LogP contribution >= 0.6 is 0 Å². The Morgan fingerprint density at radius 3 is 1.90 bits per heavy atom. The first kappa shape index (κ1) is 23.0. The molecule has 0 radical (unpaired) electrons. The van der Waals surface area contributed by atoms with Crippen LogP contribution in [-0.2, 0) is 9.47 Å². The molecule has 2 atom stereocenters. The van der Waals surface area contributed by atoms with Crippen molar-refractivity contribution in [2.75, 3.05) is 39.6 Å². The average Bonchev–Trinajstić information content (AvgIpc) is 2.51. The molecule has 21 heavy (non-hydrogen) atoms. The second kappa shape index (κ2) is 19.8. The van der Waals surface area contributed by atoms with Gasteiger partial charge in [0.05, 0.1) is 39.1 Å². The van der Waals surface area contributed by atoms with E-state index in [2.05, 4.69) is 11.7 Å². The van der Waals surface area contributed by atoms with Gasteiger partial charge in [0.1, 0.15) is 6.10 Å². The van der Waals surface area contributed by atoms with E-state index in [-0.39, 0.29) is 25.9 Å². The molecule has 0 amide bonds. The molecule has 0 saturated heterocycles. The Labute approximate surface area is 128 Å². The van der Waals surface area contributed by atoms with Crippen molar-refractivity contribution >= 4 is 0 Å². The summed E-state index contributed by atoms with van der Waals surface area (Å²) in [6, 6.07) is 0. The predicted molar refractivity (Wildman–Crippen MR) is 82.3 cm³/mol. The Kier molecular flexibility index (Phi) is 21.7. The number of ether oxygens (including phenoxy) is 2. The Morgan fingerprint density at radius 2 is 1.48 bits per heavy atom. The van der Waals surface area contributed by atoms with Gasteiger partial charge in [-0.25, -0.2) is 0 Å². The fraction of sp³-hybridized carbons (Fsp3) is 1.00. The molecule has 0 aromatic rings. The van der Waals surface area contributed by atoms with E-state index in [4.69, 9.17) is 20.1 Å². The van der Waals surface area contributed by atoms with E-state index >= 15 is 0 Å². The molecule has 130 valence electrons. The molecule has 0 bridgehead atoms. The van der Waals surface area contributed by atoms with Gasteiger partial charge in [-0.1, -0.05) is 33.1 Å². The second-order valence-corrected chi connectivity index (χ2v) is 4.69. The van der Waals surface area contributed by atoms with Crippen molar-refractivity contribution in [3.05, 3.63) is 0 Å².